The fourth-order valence-electron chi connectivity index (χ4n) is 2.17. The largest absolute Gasteiger partial charge is 0.388 e. The maximum atomic E-state index is 10.5. The van der Waals surface area contributed by atoms with E-state index >= 15 is 0 Å². The number of rotatable bonds is 5. The minimum absolute atomic E-state index is 0.494. The van der Waals surface area contributed by atoms with Crippen molar-refractivity contribution in [1.82, 2.24) is 0 Å². The first-order valence-electron chi connectivity index (χ1n) is 6.77. The van der Waals surface area contributed by atoms with Crippen LogP contribution in [0.4, 0.5) is 0 Å². The fraction of sp³-hybridized carbons (Fsp3) is 0.158. The van der Waals surface area contributed by atoms with Gasteiger partial charge < -0.3 is 5.11 Å². The molecule has 0 radical (unpaired) electrons. The van der Waals surface area contributed by atoms with Crippen LogP contribution in [-0.2, 0) is 5.41 Å². The van der Waals surface area contributed by atoms with Crippen LogP contribution in [0.5, 0.6) is 0 Å². The Kier molecular flexibility index (Phi) is 4.54. The molecule has 1 N–H and O–H groups in total. The van der Waals surface area contributed by atoms with E-state index in [0.717, 1.165) is 11.1 Å². The van der Waals surface area contributed by atoms with Gasteiger partial charge in [0.25, 0.3) is 0 Å². The average molecular weight is 264 g/mol. The van der Waals surface area contributed by atoms with Crippen LogP contribution >= 0.6 is 0 Å². The highest BCUT2D eigenvalue weighted by atomic mass is 16.3. The fourth-order valence-corrected chi connectivity index (χ4v) is 2.17. The SMILES string of the molecule is C=C[C@@](C)(c1ccccc1)[C@@H](O)/C=C/c1ccccc1. The lowest BCUT2D eigenvalue weighted by Crippen LogP contribution is -2.33. The van der Waals surface area contributed by atoms with Gasteiger partial charge >= 0.3 is 0 Å². The second kappa shape index (κ2) is 6.36. The summed E-state index contributed by atoms with van der Waals surface area (Å²) < 4.78 is 0. The Morgan fingerprint density at radius 2 is 1.55 bits per heavy atom. The van der Waals surface area contributed by atoms with Crippen LogP contribution in [0.15, 0.2) is 79.4 Å². The van der Waals surface area contributed by atoms with E-state index in [9.17, 15) is 5.11 Å². The van der Waals surface area contributed by atoms with Crippen molar-refractivity contribution in [2.24, 2.45) is 0 Å². The Morgan fingerprint density at radius 1 is 1.00 bits per heavy atom. The molecule has 102 valence electrons. The molecule has 0 aliphatic carbocycles. The summed E-state index contributed by atoms with van der Waals surface area (Å²) in [6.45, 7) is 5.89. The van der Waals surface area contributed by atoms with Crippen LogP contribution in [0.1, 0.15) is 18.1 Å². The molecule has 0 fully saturated rings. The Morgan fingerprint density at radius 3 is 2.10 bits per heavy atom. The predicted molar refractivity (Wildman–Crippen MR) is 85.5 cm³/mol. The maximum Gasteiger partial charge on any atom is 0.0852 e. The molecule has 0 aliphatic rings. The van der Waals surface area contributed by atoms with E-state index in [2.05, 4.69) is 6.58 Å². The van der Waals surface area contributed by atoms with Gasteiger partial charge in [0.2, 0.25) is 0 Å². The quantitative estimate of drug-likeness (QED) is 0.802. The molecule has 1 nitrogen and oxygen atoms in total. The van der Waals surface area contributed by atoms with Crippen molar-refractivity contribution in [3.63, 3.8) is 0 Å². The summed E-state index contributed by atoms with van der Waals surface area (Å²) in [4.78, 5) is 0. The highest BCUT2D eigenvalue weighted by Gasteiger charge is 2.29. The van der Waals surface area contributed by atoms with Gasteiger partial charge in [-0.15, -0.1) is 6.58 Å². The van der Waals surface area contributed by atoms with E-state index in [1.165, 1.54) is 0 Å². The Balaban J connectivity index is 2.24. The average Bonchev–Trinajstić information content (AvgIpc) is 2.53. The lowest BCUT2D eigenvalue weighted by molar-refractivity contribution is 0.162. The van der Waals surface area contributed by atoms with Crippen LogP contribution in [0.3, 0.4) is 0 Å². The van der Waals surface area contributed by atoms with E-state index in [4.69, 9.17) is 0 Å². The monoisotopic (exact) mass is 264 g/mol. The number of benzene rings is 2. The Labute approximate surface area is 120 Å². The first-order valence-corrected chi connectivity index (χ1v) is 6.77. The lowest BCUT2D eigenvalue weighted by atomic mass is 9.77. The minimum Gasteiger partial charge on any atom is -0.388 e. The molecule has 0 heterocycles. The summed E-state index contributed by atoms with van der Waals surface area (Å²) >= 11 is 0. The molecule has 0 unspecified atom stereocenters. The van der Waals surface area contributed by atoms with E-state index < -0.39 is 11.5 Å². The second-order valence-corrected chi connectivity index (χ2v) is 5.07. The molecule has 0 spiro atoms. The number of hydrogen-bond acceptors (Lipinski definition) is 1. The van der Waals surface area contributed by atoms with E-state index in [1.807, 2.05) is 85.8 Å². The number of hydrogen-bond donors (Lipinski definition) is 1. The van der Waals surface area contributed by atoms with Crippen molar-refractivity contribution >= 4 is 6.08 Å². The van der Waals surface area contributed by atoms with Gasteiger partial charge in [-0.2, -0.15) is 0 Å². The van der Waals surface area contributed by atoms with E-state index in [1.54, 1.807) is 0 Å². The van der Waals surface area contributed by atoms with Crippen molar-refractivity contribution in [3.8, 4) is 0 Å². The topological polar surface area (TPSA) is 20.2 Å². The Hall–Kier alpha value is -2.12. The molecule has 0 aliphatic heterocycles. The molecule has 0 amide bonds. The summed E-state index contributed by atoms with van der Waals surface area (Å²) in [6, 6.07) is 19.9. The molecular formula is C19H20O. The zero-order valence-corrected chi connectivity index (χ0v) is 11.7. The van der Waals surface area contributed by atoms with Crippen molar-refractivity contribution in [1.29, 1.82) is 0 Å². The standard InChI is InChI=1S/C19H20O/c1-3-19(2,17-12-8-5-9-13-17)18(20)15-14-16-10-6-4-7-11-16/h3-15,18,20H,1H2,2H3/b15-14+/t18-,19-/m0/s1. The molecule has 0 saturated carbocycles. The Bertz CT molecular complexity index is 571. The van der Waals surface area contributed by atoms with Crippen LogP contribution in [0.25, 0.3) is 6.08 Å². The van der Waals surface area contributed by atoms with Gasteiger partial charge in [0.15, 0.2) is 0 Å². The van der Waals surface area contributed by atoms with Gasteiger partial charge in [-0.1, -0.05) is 78.9 Å². The van der Waals surface area contributed by atoms with Gasteiger partial charge in [-0.05, 0) is 18.1 Å². The van der Waals surface area contributed by atoms with Gasteiger partial charge in [0, 0.05) is 5.41 Å². The molecular weight excluding hydrogens is 244 g/mol. The van der Waals surface area contributed by atoms with Crippen molar-refractivity contribution in [2.75, 3.05) is 0 Å². The molecule has 2 aromatic carbocycles. The second-order valence-electron chi connectivity index (χ2n) is 5.07. The van der Waals surface area contributed by atoms with Crippen LogP contribution in [0.2, 0.25) is 0 Å². The maximum absolute atomic E-state index is 10.5. The summed E-state index contributed by atoms with van der Waals surface area (Å²) in [6.07, 6.45) is 4.95. The van der Waals surface area contributed by atoms with Crippen molar-refractivity contribution in [2.45, 2.75) is 18.4 Å². The zero-order chi connectivity index (χ0) is 14.4. The smallest absolute Gasteiger partial charge is 0.0852 e. The van der Waals surface area contributed by atoms with Gasteiger partial charge in [0.1, 0.15) is 0 Å². The first kappa shape index (κ1) is 14.3. The highest BCUT2D eigenvalue weighted by molar-refractivity contribution is 5.50. The molecule has 0 bridgehead atoms. The first-order chi connectivity index (χ1) is 9.66. The molecule has 2 aromatic rings. The molecule has 2 rings (SSSR count). The summed E-state index contributed by atoms with van der Waals surface area (Å²) in [5.74, 6) is 0. The van der Waals surface area contributed by atoms with E-state index in [-0.39, 0.29) is 0 Å². The molecule has 20 heavy (non-hydrogen) atoms. The summed E-state index contributed by atoms with van der Waals surface area (Å²) in [5.41, 5.74) is 1.64. The lowest BCUT2D eigenvalue weighted by Gasteiger charge is -2.30. The predicted octanol–water partition coefficient (Wildman–Crippen LogP) is 4.20. The zero-order valence-electron chi connectivity index (χ0n) is 11.7. The summed E-state index contributed by atoms with van der Waals surface area (Å²) in [5, 5.41) is 10.5. The third-order valence-electron chi connectivity index (χ3n) is 3.70. The van der Waals surface area contributed by atoms with Crippen LogP contribution < -0.4 is 0 Å². The number of aliphatic hydroxyl groups excluding tert-OH is 1. The normalized spacial score (nSPS) is 15.7. The van der Waals surface area contributed by atoms with E-state index in [0.29, 0.717) is 0 Å². The molecule has 2 atom stereocenters. The van der Waals surface area contributed by atoms with Gasteiger partial charge in [-0.3, -0.25) is 0 Å². The van der Waals surface area contributed by atoms with Gasteiger partial charge in [0.05, 0.1) is 6.10 Å². The number of aliphatic hydroxyl groups is 1. The van der Waals surface area contributed by atoms with Crippen LogP contribution in [-0.4, -0.2) is 11.2 Å². The van der Waals surface area contributed by atoms with Crippen LogP contribution in [0, 0.1) is 0 Å². The summed E-state index contributed by atoms with van der Waals surface area (Å²) in [7, 11) is 0. The van der Waals surface area contributed by atoms with Crippen molar-refractivity contribution < 1.29 is 5.11 Å². The molecule has 0 saturated heterocycles. The van der Waals surface area contributed by atoms with Gasteiger partial charge in [-0.25, -0.2) is 0 Å². The third kappa shape index (κ3) is 3.06. The minimum atomic E-state index is -0.623. The van der Waals surface area contributed by atoms with Crippen molar-refractivity contribution in [3.05, 3.63) is 90.5 Å². The molecule has 1 heteroatoms. The highest BCUT2D eigenvalue weighted by Crippen LogP contribution is 2.30. The third-order valence-corrected chi connectivity index (χ3v) is 3.70. The molecule has 0 aromatic heterocycles.